The minimum Gasteiger partial charge on any atom is -0.399 e. The molecule has 23 heavy (non-hydrogen) atoms. The number of nitrogens with one attached hydrogen (secondary N) is 2. The molecule has 118 valence electrons. The first-order valence-corrected chi connectivity index (χ1v) is 7.04. The minimum absolute atomic E-state index is 0.145. The Labute approximate surface area is 134 Å². The summed E-state index contributed by atoms with van der Waals surface area (Å²) in [5.41, 5.74) is 11.3. The molecule has 4 N–H and O–H groups in total. The van der Waals surface area contributed by atoms with Crippen LogP contribution in [0.1, 0.15) is 29.8 Å². The zero-order valence-electron chi connectivity index (χ0n) is 13.0. The molecular weight excluding hydrogens is 292 g/mol. The Hall–Kier alpha value is -3.15. The number of hydrazone groups is 1. The largest absolute Gasteiger partial charge is 0.399 e. The van der Waals surface area contributed by atoms with Crippen molar-refractivity contribution in [3.63, 3.8) is 0 Å². The fourth-order valence-electron chi connectivity index (χ4n) is 1.92. The van der Waals surface area contributed by atoms with Crippen molar-refractivity contribution in [1.29, 1.82) is 0 Å². The fourth-order valence-corrected chi connectivity index (χ4v) is 1.92. The van der Waals surface area contributed by atoms with Gasteiger partial charge in [-0.25, -0.2) is 5.43 Å². The first-order chi connectivity index (χ1) is 11.0. The Kier molecular flexibility index (Phi) is 5.09. The highest BCUT2D eigenvalue weighted by Gasteiger charge is 2.05. The van der Waals surface area contributed by atoms with Crippen molar-refractivity contribution in [3.05, 3.63) is 59.7 Å². The molecule has 0 saturated carbocycles. The third-order valence-corrected chi connectivity index (χ3v) is 3.10. The van der Waals surface area contributed by atoms with Crippen LogP contribution in [0.25, 0.3) is 0 Å². The molecule has 0 radical (unpaired) electrons. The fraction of sp³-hybridized carbons (Fsp3) is 0.118. The summed E-state index contributed by atoms with van der Waals surface area (Å²) in [6, 6.07) is 13.8. The smallest absolute Gasteiger partial charge is 0.271 e. The average molecular weight is 310 g/mol. The molecule has 0 aliphatic heterocycles. The predicted molar refractivity (Wildman–Crippen MR) is 91.3 cm³/mol. The first-order valence-electron chi connectivity index (χ1n) is 7.04. The molecule has 0 heterocycles. The molecule has 0 bridgehead atoms. The monoisotopic (exact) mass is 310 g/mol. The Morgan fingerprint density at radius 3 is 2.35 bits per heavy atom. The molecule has 2 rings (SSSR count). The van der Waals surface area contributed by atoms with Crippen molar-refractivity contribution in [1.82, 2.24) is 5.43 Å². The van der Waals surface area contributed by atoms with Crippen LogP contribution in [-0.2, 0) is 4.79 Å². The van der Waals surface area contributed by atoms with E-state index in [2.05, 4.69) is 15.8 Å². The number of hydrogen-bond acceptors (Lipinski definition) is 4. The van der Waals surface area contributed by atoms with Gasteiger partial charge in [0, 0.05) is 23.9 Å². The normalized spacial score (nSPS) is 11.0. The van der Waals surface area contributed by atoms with Gasteiger partial charge in [-0.05, 0) is 48.9 Å². The van der Waals surface area contributed by atoms with E-state index in [-0.39, 0.29) is 11.8 Å². The van der Waals surface area contributed by atoms with Crippen molar-refractivity contribution < 1.29 is 9.59 Å². The van der Waals surface area contributed by atoms with E-state index in [1.54, 1.807) is 49.4 Å². The lowest BCUT2D eigenvalue weighted by Crippen LogP contribution is -2.19. The Morgan fingerprint density at radius 2 is 1.70 bits per heavy atom. The molecule has 0 unspecified atom stereocenters. The lowest BCUT2D eigenvalue weighted by Gasteiger charge is -2.06. The summed E-state index contributed by atoms with van der Waals surface area (Å²) in [4.78, 5) is 23.1. The zero-order chi connectivity index (χ0) is 16.8. The second-order valence-electron chi connectivity index (χ2n) is 5.02. The van der Waals surface area contributed by atoms with Crippen molar-refractivity contribution in [2.45, 2.75) is 13.8 Å². The van der Waals surface area contributed by atoms with Crippen LogP contribution in [0.3, 0.4) is 0 Å². The molecule has 6 nitrogen and oxygen atoms in total. The van der Waals surface area contributed by atoms with Crippen LogP contribution >= 0.6 is 0 Å². The number of carbonyl (C=O) groups is 2. The van der Waals surface area contributed by atoms with Gasteiger partial charge in [0.25, 0.3) is 5.91 Å². The van der Waals surface area contributed by atoms with Crippen LogP contribution in [0.15, 0.2) is 53.6 Å². The van der Waals surface area contributed by atoms with Crippen LogP contribution in [0.2, 0.25) is 0 Å². The lowest BCUT2D eigenvalue weighted by molar-refractivity contribution is -0.114. The number of amides is 2. The van der Waals surface area contributed by atoms with E-state index in [4.69, 9.17) is 5.73 Å². The summed E-state index contributed by atoms with van der Waals surface area (Å²) >= 11 is 0. The van der Waals surface area contributed by atoms with Gasteiger partial charge < -0.3 is 11.1 Å². The van der Waals surface area contributed by atoms with Gasteiger partial charge in [0.1, 0.15) is 0 Å². The number of nitrogens with zero attached hydrogens (tertiary/aromatic N) is 1. The molecular formula is C17H18N4O2. The van der Waals surface area contributed by atoms with Crippen LogP contribution in [0.4, 0.5) is 11.4 Å². The Morgan fingerprint density at radius 1 is 1.00 bits per heavy atom. The highest BCUT2D eigenvalue weighted by molar-refractivity contribution is 6.02. The predicted octanol–water partition coefficient (Wildman–Crippen LogP) is 2.38. The van der Waals surface area contributed by atoms with Gasteiger partial charge in [-0.2, -0.15) is 5.10 Å². The maximum Gasteiger partial charge on any atom is 0.271 e. The van der Waals surface area contributed by atoms with E-state index in [0.717, 1.165) is 5.56 Å². The zero-order valence-corrected chi connectivity index (χ0v) is 13.0. The molecule has 0 atom stereocenters. The third-order valence-electron chi connectivity index (χ3n) is 3.10. The highest BCUT2D eigenvalue weighted by atomic mass is 16.2. The topological polar surface area (TPSA) is 96.6 Å². The number of nitrogens with two attached hydrogens (primary N) is 1. The van der Waals surface area contributed by atoms with Gasteiger partial charge in [0.15, 0.2) is 0 Å². The van der Waals surface area contributed by atoms with Gasteiger partial charge in [0.2, 0.25) is 5.91 Å². The number of benzene rings is 2. The third kappa shape index (κ3) is 4.67. The van der Waals surface area contributed by atoms with E-state index in [0.29, 0.717) is 22.6 Å². The molecule has 0 aliphatic carbocycles. The van der Waals surface area contributed by atoms with Crippen molar-refractivity contribution >= 4 is 28.9 Å². The van der Waals surface area contributed by atoms with Crippen LogP contribution in [0.5, 0.6) is 0 Å². The number of anilines is 2. The maximum atomic E-state index is 12.0. The van der Waals surface area contributed by atoms with Crippen molar-refractivity contribution in [2.24, 2.45) is 5.10 Å². The number of carbonyl (C=O) groups excluding carboxylic acids is 2. The molecule has 0 saturated heterocycles. The summed E-state index contributed by atoms with van der Waals surface area (Å²) in [7, 11) is 0. The molecule has 2 amide bonds. The average Bonchev–Trinajstić information content (AvgIpc) is 2.52. The van der Waals surface area contributed by atoms with Crippen molar-refractivity contribution in [2.75, 3.05) is 11.1 Å². The Bertz CT molecular complexity index is 751. The standard InChI is InChI=1S/C17H18N4O2/c1-11(14-4-3-5-16(10-14)19-12(2)22)20-21-17(23)13-6-8-15(18)9-7-13/h3-10H,18H2,1-2H3,(H,19,22)(H,21,23)/b20-11-. The van der Waals surface area contributed by atoms with Gasteiger partial charge in [0.05, 0.1) is 5.71 Å². The number of rotatable bonds is 4. The van der Waals surface area contributed by atoms with E-state index in [9.17, 15) is 9.59 Å². The van der Waals surface area contributed by atoms with E-state index < -0.39 is 0 Å². The lowest BCUT2D eigenvalue weighted by atomic mass is 10.1. The van der Waals surface area contributed by atoms with Crippen LogP contribution in [-0.4, -0.2) is 17.5 Å². The molecule has 0 aliphatic rings. The van der Waals surface area contributed by atoms with E-state index in [1.165, 1.54) is 6.92 Å². The number of hydrogen-bond donors (Lipinski definition) is 3. The molecule has 6 heteroatoms. The minimum atomic E-state index is -0.317. The summed E-state index contributed by atoms with van der Waals surface area (Å²) in [6.07, 6.45) is 0. The first kappa shape index (κ1) is 16.2. The van der Waals surface area contributed by atoms with Gasteiger partial charge in [-0.3, -0.25) is 9.59 Å². The molecule has 2 aromatic rings. The number of nitrogen functional groups attached to an aromatic ring is 1. The second-order valence-corrected chi connectivity index (χ2v) is 5.02. The van der Waals surface area contributed by atoms with Gasteiger partial charge >= 0.3 is 0 Å². The van der Waals surface area contributed by atoms with Crippen molar-refractivity contribution in [3.8, 4) is 0 Å². The highest BCUT2D eigenvalue weighted by Crippen LogP contribution is 2.11. The van der Waals surface area contributed by atoms with E-state index >= 15 is 0 Å². The van der Waals surface area contributed by atoms with Gasteiger partial charge in [-0.1, -0.05) is 12.1 Å². The maximum absolute atomic E-state index is 12.0. The Balaban J connectivity index is 2.09. The summed E-state index contributed by atoms with van der Waals surface area (Å²) in [5.74, 6) is -0.462. The van der Waals surface area contributed by atoms with Gasteiger partial charge in [-0.15, -0.1) is 0 Å². The summed E-state index contributed by atoms with van der Waals surface area (Å²) in [5, 5.41) is 6.79. The SMILES string of the molecule is CC(=O)Nc1cccc(/C(C)=N\NC(=O)c2ccc(N)cc2)c1. The van der Waals surface area contributed by atoms with E-state index in [1.807, 2.05) is 6.07 Å². The quantitative estimate of drug-likeness (QED) is 0.459. The summed E-state index contributed by atoms with van der Waals surface area (Å²) in [6.45, 7) is 3.22. The second kappa shape index (κ2) is 7.22. The van der Waals surface area contributed by atoms with Crippen LogP contribution in [0, 0.1) is 0 Å². The summed E-state index contributed by atoms with van der Waals surface area (Å²) < 4.78 is 0. The molecule has 0 spiro atoms. The molecule has 0 aromatic heterocycles. The molecule has 0 fully saturated rings. The molecule has 2 aromatic carbocycles. The van der Waals surface area contributed by atoms with Crippen LogP contribution < -0.4 is 16.5 Å².